The molecule has 1 fully saturated rings. The number of benzene rings is 1. The summed E-state index contributed by atoms with van der Waals surface area (Å²) in [6.45, 7) is 2.23. The number of aliphatic hydroxyl groups excluding tert-OH is 1. The quantitative estimate of drug-likeness (QED) is 0.771. The summed E-state index contributed by atoms with van der Waals surface area (Å²) in [5, 5.41) is 12.6. The lowest BCUT2D eigenvalue weighted by Gasteiger charge is -2.22. The van der Waals surface area contributed by atoms with Crippen LogP contribution in [0.3, 0.4) is 0 Å². The largest absolute Gasteiger partial charge is 0.395 e. The van der Waals surface area contributed by atoms with Gasteiger partial charge >= 0.3 is 0 Å². The highest BCUT2D eigenvalue weighted by Crippen LogP contribution is 2.41. The van der Waals surface area contributed by atoms with Gasteiger partial charge in [0.1, 0.15) is 0 Å². The molecule has 15 heavy (non-hydrogen) atoms. The minimum atomic E-state index is 0.177. The summed E-state index contributed by atoms with van der Waals surface area (Å²) in [6, 6.07) is 11.1. The molecule has 0 aliphatic heterocycles. The van der Waals surface area contributed by atoms with Gasteiger partial charge in [-0.1, -0.05) is 30.3 Å². The summed E-state index contributed by atoms with van der Waals surface area (Å²) in [4.78, 5) is 0. The fourth-order valence-electron chi connectivity index (χ4n) is 1.95. The molecule has 0 heterocycles. The van der Waals surface area contributed by atoms with Crippen LogP contribution >= 0.6 is 0 Å². The van der Waals surface area contributed by atoms with Gasteiger partial charge in [-0.05, 0) is 31.2 Å². The third-order valence-electron chi connectivity index (χ3n) is 2.99. The lowest BCUT2D eigenvalue weighted by molar-refractivity contribution is 0.236. The van der Waals surface area contributed by atoms with E-state index in [0.29, 0.717) is 6.04 Å². The molecule has 0 radical (unpaired) electrons. The van der Waals surface area contributed by atoms with Crippen molar-refractivity contribution in [2.45, 2.75) is 31.8 Å². The van der Waals surface area contributed by atoms with Crippen molar-refractivity contribution in [2.24, 2.45) is 5.92 Å². The van der Waals surface area contributed by atoms with Gasteiger partial charge in [0, 0.05) is 12.1 Å². The summed E-state index contributed by atoms with van der Waals surface area (Å²) in [5.74, 6) is 0.765. The van der Waals surface area contributed by atoms with Crippen LogP contribution < -0.4 is 5.32 Å². The highest BCUT2D eigenvalue weighted by atomic mass is 16.3. The van der Waals surface area contributed by atoms with Crippen LogP contribution in [0.15, 0.2) is 30.3 Å². The van der Waals surface area contributed by atoms with Gasteiger partial charge in [-0.2, -0.15) is 0 Å². The van der Waals surface area contributed by atoms with Crippen LogP contribution in [0.1, 0.15) is 31.4 Å². The first kappa shape index (κ1) is 10.7. The predicted molar refractivity (Wildman–Crippen MR) is 61.6 cm³/mol. The highest BCUT2D eigenvalue weighted by molar-refractivity contribution is 5.21. The van der Waals surface area contributed by atoms with E-state index in [1.54, 1.807) is 0 Å². The van der Waals surface area contributed by atoms with Crippen molar-refractivity contribution in [3.8, 4) is 0 Å². The first-order chi connectivity index (χ1) is 7.31. The first-order valence-electron chi connectivity index (χ1n) is 5.73. The average molecular weight is 205 g/mol. The van der Waals surface area contributed by atoms with Gasteiger partial charge in [-0.3, -0.25) is 0 Å². The molecule has 1 unspecified atom stereocenters. The number of hydrogen-bond acceptors (Lipinski definition) is 2. The van der Waals surface area contributed by atoms with E-state index in [0.717, 1.165) is 5.92 Å². The number of aliphatic hydroxyl groups is 1. The summed E-state index contributed by atoms with van der Waals surface area (Å²) >= 11 is 0. The Labute approximate surface area is 91.3 Å². The van der Waals surface area contributed by atoms with Gasteiger partial charge in [-0.25, -0.2) is 0 Å². The first-order valence-corrected chi connectivity index (χ1v) is 5.73. The van der Waals surface area contributed by atoms with E-state index >= 15 is 0 Å². The van der Waals surface area contributed by atoms with Crippen LogP contribution in [0.2, 0.25) is 0 Å². The molecule has 2 rings (SSSR count). The van der Waals surface area contributed by atoms with E-state index in [1.165, 1.54) is 18.4 Å². The molecule has 1 aromatic rings. The van der Waals surface area contributed by atoms with E-state index < -0.39 is 0 Å². The van der Waals surface area contributed by atoms with Gasteiger partial charge in [-0.15, -0.1) is 0 Å². The summed E-state index contributed by atoms with van der Waals surface area (Å²) in [5.41, 5.74) is 1.35. The molecule has 0 saturated heterocycles. The summed E-state index contributed by atoms with van der Waals surface area (Å²) in [6.07, 6.45) is 2.62. The lowest BCUT2D eigenvalue weighted by Crippen LogP contribution is -2.34. The van der Waals surface area contributed by atoms with Gasteiger partial charge in [0.2, 0.25) is 0 Å². The predicted octanol–water partition coefficient (Wildman–Crippen LogP) is 2.11. The van der Waals surface area contributed by atoms with Crippen molar-refractivity contribution >= 4 is 0 Å². The van der Waals surface area contributed by atoms with Crippen molar-refractivity contribution in [3.05, 3.63) is 35.9 Å². The van der Waals surface area contributed by atoms with Gasteiger partial charge in [0.25, 0.3) is 0 Å². The molecule has 1 aliphatic rings. The van der Waals surface area contributed by atoms with Crippen LogP contribution in [-0.2, 0) is 0 Å². The Morgan fingerprint density at radius 2 is 2.00 bits per heavy atom. The van der Waals surface area contributed by atoms with Crippen molar-refractivity contribution in [3.63, 3.8) is 0 Å². The standard InChI is InChI=1S/C13H19NO/c1-10(9-15)14-13(12-7-8-12)11-5-3-2-4-6-11/h2-6,10,12-15H,7-9H2,1H3/t10-,13?/m0/s1. The Morgan fingerprint density at radius 3 is 2.53 bits per heavy atom. The molecular weight excluding hydrogens is 186 g/mol. The van der Waals surface area contributed by atoms with E-state index in [4.69, 9.17) is 5.11 Å². The second kappa shape index (κ2) is 4.77. The molecule has 1 aromatic carbocycles. The van der Waals surface area contributed by atoms with Crippen LogP contribution in [-0.4, -0.2) is 17.8 Å². The SMILES string of the molecule is C[C@@H](CO)NC(c1ccccc1)C1CC1. The molecule has 0 bridgehead atoms. The zero-order chi connectivity index (χ0) is 10.7. The van der Waals surface area contributed by atoms with Crippen molar-refractivity contribution in [1.82, 2.24) is 5.32 Å². The van der Waals surface area contributed by atoms with Crippen molar-refractivity contribution < 1.29 is 5.11 Å². The monoisotopic (exact) mass is 205 g/mol. The fraction of sp³-hybridized carbons (Fsp3) is 0.538. The maximum atomic E-state index is 9.07. The summed E-state index contributed by atoms with van der Waals surface area (Å²) < 4.78 is 0. The smallest absolute Gasteiger partial charge is 0.0582 e. The van der Waals surface area contributed by atoms with Crippen LogP contribution in [0.5, 0.6) is 0 Å². The number of rotatable bonds is 5. The lowest BCUT2D eigenvalue weighted by atomic mass is 10.0. The Kier molecular flexibility index (Phi) is 3.39. The number of nitrogens with one attached hydrogen (secondary N) is 1. The van der Waals surface area contributed by atoms with Crippen molar-refractivity contribution in [2.75, 3.05) is 6.61 Å². The van der Waals surface area contributed by atoms with Crippen LogP contribution in [0.25, 0.3) is 0 Å². The Hall–Kier alpha value is -0.860. The third-order valence-corrected chi connectivity index (χ3v) is 2.99. The minimum absolute atomic E-state index is 0.177. The maximum Gasteiger partial charge on any atom is 0.0582 e. The fourth-order valence-corrected chi connectivity index (χ4v) is 1.95. The normalized spacial score (nSPS) is 19.9. The molecule has 2 N–H and O–H groups in total. The average Bonchev–Trinajstić information content (AvgIpc) is 3.10. The molecule has 2 heteroatoms. The third kappa shape index (κ3) is 2.80. The van der Waals surface area contributed by atoms with Crippen molar-refractivity contribution in [1.29, 1.82) is 0 Å². The van der Waals surface area contributed by atoms with Crippen LogP contribution in [0.4, 0.5) is 0 Å². The molecule has 2 atom stereocenters. The second-order valence-corrected chi connectivity index (χ2v) is 4.48. The Morgan fingerprint density at radius 1 is 1.33 bits per heavy atom. The topological polar surface area (TPSA) is 32.3 Å². The molecular formula is C13H19NO. The molecule has 0 aromatic heterocycles. The molecule has 1 aliphatic carbocycles. The zero-order valence-electron chi connectivity index (χ0n) is 9.19. The maximum absolute atomic E-state index is 9.07. The van der Waals surface area contributed by atoms with Crippen LogP contribution in [0, 0.1) is 5.92 Å². The number of hydrogen-bond donors (Lipinski definition) is 2. The molecule has 0 spiro atoms. The van der Waals surface area contributed by atoms with E-state index in [1.807, 2.05) is 13.0 Å². The molecule has 1 saturated carbocycles. The Bertz CT molecular complexity index is 295. The highest BCUT2D eigenvalue weighted by Gasteiger charge is 2.32. The zero-order valence-corrected chi connectivity index (χ0v) is 9.19. The minimum Gasteiger partial charge on any atom is -0.395 e. The van der Waals surface area contributed by atoms with E-state index in [9.17, 15) is 0 Å². The molecule has 2 nitrogen and oxygen atoms in total. The second-order valence-electron chi connectivity index (χ2n) is 4.48. The van der Waals surface area contributed by atoms with E-state index in [2.05, 4.69) is 29.6 Å². The molecule has 0 amide bonds. The van der Waals surface area contributed by atoms with Gasteiger partial charge in [0.05, 0.1) is 6.61 Å². The molecule has 82 valence electrons. The summed E-state index contributed by atoms with van der Waals surface area (Å²) in [7, 11) is 0. The Balaban J connectivity index is 2.06. The van der Waals surface area contributed by atoms with E-state index in [-0.39, 0.29) is 12.6 Å². The van der Waals surface area contributed by atoms with Gasteiger partial charge in [0.15, 0.2) is 0 Å². The van der Waals surface area contributed by atoms with Gasteiger partial charge < -0.3 is 10.4 Å².